The van der Waals surface area contributed by atoms with Crippen LogP contribution < -0.4 is 21.5 Å². The number of phenolic OH excluding ortho intramolecular Hbond substituents is 1. The number of aromatic hydroxyl groups is 1. The normalized spacial score (nSPS) is 10.9. The minimum Gasteiger partial charge on any atom is -1.00 e. The van der Waals surface area contributed by atoms with Gasteiger partial charge in [0.2, 0.25) is 0 Å². The molecule has 0 unspecified atom stereocenters. The van der Waals surface area contributed by atoms with Crippen LogP contribution in [0.2, 0.25) is 0 Å². The molecule has 0 atom stereocenters. The summed E-state index contributed by atoms with van der Waals surface area (Å²) in [5.41, 5.74) is 3.11. The van der Waals surface area contributed by atoms with E-state index in [-0.39, 0.29) is 17.0 Å². The van der Waals surface area contributed by atoms with E-state index < -0.39 is 0 Å². The molecule has 1 aromatic carbocycles. The van der Waals surface area contributed by atoms with Crippen molar-refractivity contribution in [2.24, 2.45) is 0 Å². The van der Waals surface area contributed by atoms with Crippen LogP contribution in [-0.2, 0) is 0 Å². The van der Waals surface area contributed by atoms with Gasteiger partial charge in [0.15, 0.2) is 11.4 Å². The van der Waals surface area contributed by atoms with E-state index in [9.17, 15) is 5.11 Å². The lowest BCUT2D eigenvalue weighted by Gasteiger charge is -2.25. The predicted octanol–water partition coefficient (Wildman–Crippen LogP) is -0.790. The second kappa shape index (κ2) is 4.32. The van der Waals surface area contributed by atoms with Gasteiger partial charge in [0, 0.05) is 6.07 Å². The van der Waals surface area contributed by atoms with Gasteiger partial charge in [0.1, 0.15) is 0 Å². The summed E-state index contributed by atoms with van der Waals surface area (Å²) in [5, 5.41) is 9.84. The average molecular weight is 260 g/mol. The van der Waals surface area contributed by atoms with Crippen LogP contribution in [0.5, 0.6) is 5.75 Å². The summed E-state index contributed by atoms with van der Waals surface area (Å²) in [4.78, 5) is 0. The smallest absolute Gasteiger partial charge is 0.180 e. The van der Waals surface area contributed by atoms with E-state index in [1.54, 1.807) is 0 Å². The van der Waals surface area contributed by atoms with Crippen molar-refractivity contribution in [1.82, 2.24) is 4.48 Å². The zero-order valence-electron chi connectivity index (χ0n) is 9.43. The molecule has 2 nitrogen and oxygen atoms in total. The van der Waals surface area contributed by atoms with E-state index in [2.05, 4.69) is 0 Å². The Morgan fingerprint density at radius 2 is 1.57 bits per heavy atom. The van der Waals surface area contributed by atoms with Crippen LogP contribution in [0.25, 0.3) is 0 Å². The van der Waals surface area contributed by atoms with Crippen LogP contribution in [0.4, 0.5) is 5.69 Å². The number of aryl methyl sites for hydroxylation is 2. The fraction of sp³-hybridized carbons (Fsp3) is 0.455. The summed E-state index contributed by atoms with van der Waals surface area (Å²) < 4.78 is 0.647. The van der Waals surface area contributed by atoms with Gasteiger partial charge in [-0.15, -0.1) is 0 Å². The van der Waals surface area contributed by atoms with Crippen LogP contribution in [0, 0.1) is 13.8 Å². The van der Waals surface area contributed by atoms with Gasteiger partial charge in [0.05, 0.1) is 21.1 Å². The summed E-state index contributed by atoms with van der Waals surface area (Å²) >= 11 is 0. The van der Waals surface area contributed by atoms with Gasteiger partial charge < -0.3 is 22.1 Å². The highest BCUT2D eigenvalue weighted by Gasteiger charge is 2.19. The maximum absolute atomic E-state index is 9.84. The molecule has 1 aromatic rings. The molecule has 0 saturated carbocycles. The van der Waals surface area contributed by atoms with E-state index >= 15 is 0 Å². The molecule has 0 aromatic heterocycles. The first kappa shape index (κ1) is 13.5. The fourth-order valence-corrected chi connectivity index (χ4v) is 1.45. The number of halogens is 1. The lowest BCUT2D eigenvalue weighted by molar-refractivity contribution is -0.00000415. The van der Waals surface area contributed by atoms with Crippen molar-refractivity contribution in [2.45, 2.75) is 13.8 Å². The molecule has 0 spiro atoms. The zero-order chi connectivity index (χ0) is 10.2. The molecule has 3 heteroatoms. The monoisotopic (exact) mass is 259 g/mol. The first-order chi connectivity index (χ1) is 5.82. The second-order valence-corrected chi connectivity index (χ2v) is 4.46. The maximum Gasteiger partial charge on any atom is 0.180 e. The molecule has 0 amide bonds. The lowest BCUT2D eigenvalue weighted by Crippen LogP contribution is -3.00. The zero-order valence-corrected chi connectivity index (χ0v) is 11.0. The molecular formula is C11H18BrNO. The van der Waals surface area contributed by atoms with Crippen LogP contribution in [-0.4, -0.2) is 26.2 Å². The minimum absolute atomic E-state index is 0. The molecule has 0 radical (unpaired) electrons. The van der Waals surface area contributed by atoms with Crippen molar-refractivity contribution >= 4 is 5.69 Å². The number of hydrogen-bond donors (Lipinski definition) is 1. The van der Waals surface area contributed by atoms with E-state index in [4.69, 9.17) is 0 Å². The Morgan fingerprint density at radius 3 is 2.00 bits per heavy atom. The van der Waals surface area contributed by atoms with Gasteiger partial charge in [-0.3, -0.25) is 4.48 Å². The number of phenols is 1. The number of rotatable bonds is 1. The third-order valence-electron chi connectivity index (χ3n) is 2.15. The Bertz CT molecular complexity index is 329. The van der Waals surface area contributed by atoms with E-state index in [0.29, 0.717) is 10.2 Å². The Balaban J connectivity index is 0.00000169. The van der Waals surface area contributed by atoms with Crippen LogP contribution >= 0.6 is 0 Å². The predicted molar refractivity (Wildman–Crippen MR) is 57.1 cm³/mol. The summed E-state index contributed by atoms with van der Waals surface area (Å²) in [6.45, 7) is 3.98. The van der Waals surface area contributed by atoms with Crippen molar-refractivity contribution in [1.29, 1.82) is 0 Å². The first-order valence-electron chi connectivity index (χ1n) is 4.44. The van der Waals surface area contributed by atoms with Crippen LogP contribution in [0.15, 0.2) is 12.1 Å². The van der Waals surface area contributed by atoms with Crippen molar-refractivity contribution < 1.29 is 22.1 Å². The van der Waals surface area contributed by atoms with Crippen LogP contribution in [0.1, 0.15) is 11.1 Å². The molecule has 0 bridgehead atoms. The Hall–Kier alpha value is -0.540. The van der Waals surface area contributed by atoms with Gasteiger partial charge in [-0.25, -0.2) is 0 Å². The lowest BCUT2D eigenvalue weighted by atomic mass is 10.1. The molecule has 0 aliphatic heterocycles. The molecule has 14 heavy (non-hydrogen) atoms. The van der Waals surface area contributed by atoms with Gasteiger partial charge in [-0.2, -0.15) is 0 Å². The third kappa shape index (κ3) is 2.72. The summed E-state index contributed by atoms with van der Waals surface area (Å²) in [7, 11) is 6.15. The molecule has 0 heterocycles. The summed E-state index contributed by atoms with van der Waals surface area (Å²) in [6.07, 6.45) is 0. The van der Waals surface area contributed by atoms with Crippen molar-refractivity contribution in [3.63, 3.8) is 0 Å². The van der Waals surface area contributed by atoms with Crippen molar-refractivity contribution in [3.8, 4) is 5.75 Å². The topological polar surface area (TPSA) is 20.2 Å². The number of hydrogen-bond acceptors (Lipinski definition) is 1. The number of benzene rings is 1. The van der Waals surface area contributed by atoms with Gasteiger partial charge in [-0.05, 0) is 25.0 Å². The minimum atomic E-state index is 0. The number of nitrogens with zero attached hydrogens (tertiary/aromatic N) is 1. The Morgan fingerprint density at radius 1 is 1.07 bits per heavy atom. The Kier molecular flexibility index (Phi) is 4.15. The second-order valence-electron chi connectivity index (χ2n) is 4.46. The summed E-state index contributed by atoms with van der Waals surface area (Å²) in [6, 6.07) is 4.02. The van der Waals surface area contributed by atoms with E-state index in [0.717, 1.165) is 11.3 Å². The van der Waals surface area contributed by atoms with Gasteiger partial charge >= 0.3 is 0 Å². The van der Waals surface area contributed by atoms with Gasteiger partial charge in [-0.1, -0.05) is 6.07 Å². The van der Waals surface area contributed by atoms with Crippen molar-refractivity contribution in [2.75, 3.05) is 21.1 Å². The fourth-order valence-electron chi connectivity index (χ4n) is 1.45. The van der Waals surface area contributed by atoms with Crippen molar-refractivity contribution in [3.05, 3.63) is 23.3 Å². The first-order valence-corrected chi connectivity index (χ1v) is 4.44. The molecule has 0 aliphatic rings. The highest BCUT2D eigenvalue weighted by molar-refractivity contribution is 5.59. The average Bonchev–Trinajstić information content (AvgIpc) is 1.94. The quantitative estimate of drug-likeness (QED) is 0.656. The van der Waals surface area contributed by atoms with E-state index in [1.165, 1.54) is 5.56 Å². The molecule has 1 N–H and O–H groups in total. The SMILES string of the molecule is Cc1cc(C)c(O)c([N+](C)(C)C)c1.[Br-]. The molecule has 0 saturated heterocycles. The molecule has 0 fully saturated rings. The van der Waals surface area contributed by atoms with Crippen LogP contribution in [0.3, 0.4) is 0 Å². The third-order valence-corrected chi connectivity index (χ3v) is 2.15. The largest absolute Gasteiger partial charge is 1.00 e. The molecular weight excluding hydrogens is 242 g/mol. The highest BCUT2D eigenvalue weighted by atomic mass is 79.9. The molecule has 0 aliphatic carbocycles. The van der Waals surface area contributed by atoms with E-state index in [1.807, 2.05) is 47.1 Å². The van der Waals surface area contributed by atoms with Gasteiger partial charge in [0.25, 0.3) is 0 Å². The maximum atomic E-state index is 9.84. The molecule has 1 rings (SSSR count). The summed E-state index contributed by atoms with van der Waals surface area (Å²) in [5.74, 6) is 0.415. The highest BCUT2D eigenvalue weighted by Crippen LogP contribution is 2.33. The Labute approximate surface area is 96.5 Å². The number of quaternary nitrogens is 1. The molecule has 80 valence electrons. The standard InChI is InChI=1S/C11H17NO.BrH/c1-8-6-9(2)11(13)10(7-8)12(3,4)5;/h6-7H,1-5H3;1H.